The number of benzene rings is 1. The number of halogens is 6. The van der Waals surface area contributed by atoms with Crippen LogP contribution in [-0.4, -0.2) is 40.1 Å². The predicted octanol–water partition coefficient (Wildman–Crippen LogP) is 5.17. The summed E-state index contributed by atoms with van der Waals surface area (Å²) in [7, 11) is -3.86. The van der Waals surface area contributed by atoms with Gasteiger partial charge in [0.2, 0.25) is 0 Å². The van der Waals surface area contributed by atoms with Crippen molar-refractivity contribution in [1.82, 2.24) is 19.6 Å². The van der Waals surface area contributed by atoms with Gasteiger partial charge in [0.1, 0.15) is 11.4 Å². The molecule has 0 fully saturated rings. The van der Waals surface area contributed by atoms with E-state index in [0.717, 1.165) is 16.6 Å². The Morgan fingerprint density at radius 3 is 2.34 bits per heavy atom. The average Bonchev–Trinajstić information content (AvgIpc) is 3.22. The average molecular weight is 516 g/mol. The van der Waals surface area contributed by atoms with Crippen molar-refractivity contribution in [3.8, 4) is 28.4 Å². The van der Waals surface area contributed by atoms with E-state index in [1.807, 2.05) is 0 Å². The first-order chi connectivity index (χ1) is 16.3. The third-order valence-electron chi connectivity index (χ3n) is 4.79. The van der Waals surface area contributed by atoms with E-state index in [1.165, 1.54) is 43.5 Å². The number of hydrogen-bond donors (Lipinski definition) is 0. The molecule has 0 aliphatic heterocycles. The molecule has 0 saturated heterocycles. The van der Waals surface area contributed by atoms with Crippen LogP contribution in [0.3, 0.4) is 0 Å². The van der Waals surface area contributed by atoms with Crippen molar-refractivity contribution in [2.24, 2.45) is 0 Å². The van der Waals surface area contributed by atoms with Crippen molar-refractivity contribution < 1.29 is 39.5 Å². The summed E-state index contributed by atoms with van der Waals surface area (Å²) in [4.78, 5) is 8.15. The van der Waals surface area contributed by atoms with Gasteiger partial charge in [-0.1, -0.05) is 19.1 Å². The Morgan fingerprint density at radius 2 is 1.69 bits per heavy atom. The second kappa shape index (κ2) is 8.52. The van der Waals surface area contributed by atoms with Crippen LogP contribution in [0.15, 0.2) is 59.6 Å². The van der Waals surface area contributed by atoms with Crippen LogP contribution in [0.1, 0.15) is 12.6 Å². The normalized spacial score (nSPS) is 12.8. The molecule has 0 N–H and O–H groups in total. The lowest BCUT2D eigenvalue weighted by molar-refractivity contribution is -0.274. The molecule has 0 amide bonds. The monoisotopic (exact) mass is 516 g/mol. The summed E-state index contributed by atoms with van der Waals surface area (Å²) in [6, 6.07) is 9.34. The first-order valence-electron chi connectivity index (χ1n) is 9.81. The lowest BCUT2D eigenvalue weighted by atomic mass is 10.1. The van der Waals surface area contributed by atoms with Crippen LogP contribution in [0, 0.1) is 0 Å². The molecule has 4 aromatic rings. The third kappa shape index (κ3) is 5.21. The second-order valence-corrected chi connectivity index (χ2v) is 9.41. The molecule has 0 radical (unpaired) electrons. The van der Waals surface area contributed by atoms with Gasteiger partial charge in [-0.05, 0) is 30.3 Å². The maximum atomic E-state index is 13.0. The van der Waals surface area contributed by atoms with Gasteiger partial charge in [0.25, 0.3) is 0 Å². The van der Waals surface area contributed by atoms with Gasteiger partial charge in [-0.2, -0.15) is 18.3 Å². The number of ether oxygens (including phenoxy) is 1. The van der Waals surface area contributed by atoms with Gasteiger partial charge in [-0.25, -0.2) is 22.9 Å². The Morgan fingerprint density at radius 1 is 0.943 bits per heavy atom. The number of sulfone groups is 1. The standard InChI is InChI=1S/C21H14F6N4O3S/c1-2-35(32,33)16-7-6-14(12-4-3-5-13(10-12)34-21(25,26)27)29-19(16)15-8-9-31-18(28-15)11-17(30-31)20(22,23)24/h3-11H,2H2,1H3. The molecule has 0 unspecified atom stereocenters. The smallest absolute Gasteiger partial charge is 0.406 e. The van der Waals surface area contributed by atoms with Gasteiger partial charge in [0.15, 0.2) is 21.2 Å². The SMILES string of the molecule is CCS(=O)(=O)c1ccc(-c2cccc(OC(F)(F)F)c2)nc1-c1ccn2nc(C(F)(F)F)cc2n1. The largest absolute Gasteiger partial charge is 0.573 e. The highest BCUT2D eigenvalue weighted by Crippen LogP contribution is 2.33. The van der Waals surface area contributed by atoms with E-state index in [-0.39, 0.29) is 38.9 Å². The maximum Gasteiger partial charge on any atom is 0.573 e. The van der Waals surface area contributed by atoms with Crippen LogP contribution >= 0.6 is 0 Å². The summed E-state index contributed by atoms with van der Waals surface area (Å²) < 4.78 is 107. The van der Waals surface area contributed by atoms with Crippen LogP contribution in [0.25, 0.3) is 28.3 Å². The fraction of sp³-hybridized carbons (Fsp3) is 0.190. The molecule has 7 nitrogen and oxygen atoms in total. The molecule has 1 aromatic carbocycles. The Labute approximate surface area is 193 Å². The van der Waals surface area contributed by atoms with E-state index >= 15 is 0 Å². The molecule has 184 valence electrons. The number of fused-ring (bicyclic) bond motifs is 1. The Hall–Kier alpha value is -3.68. The zero-order valence-corrected chi connectivity index (χ0v) is 18.4. The number of hydrogen-bond acceptors (Lipinski definition) is 6. The van der Waals surface area contributed by atoms with Crippen LogP contribution in [0.4, 0.5) is 26.3 Å². The summed E-state index contributed by atoms with van der Waals surface area (Å²) >= 11 is 0. The number of aromatic nitrogens is 4. The summed E-state index contributed by atoms with van der Waals surface area (Å²) in [6.45, 7) is 1.40. The van der Waals surface area contributed by atoms with Gasteiger partial charge in [-0.3, -0.25) is 0 Å². The number of rotatable bonds is 5. The molecule has 3 aromatic heterocycles. The van der Waals surface area contributed by atoms with Gasteiger partial charge in [0, 0.05) is 17.8 Å². The second-order valence-electron chi connectivity index (χ2n) is 7.17. The van der Waals surface area contributed by atoms with Crippen molar-refractivity contribution in [2.75, 3.05) is 5.75 Å². The van der Waals surface area contributed by atoms with Crippen molar-refractivity contribution >= 4 is 15.5 Å². The minimum atomic E-state index is -4.92. The molecular formula is C21H14F6N4O3S. The number of pyridine rings is 1. The zero-order valence-electron chi connectivity index (χ0n) is 17.6. The molecule has 0 aliphatic rings. The molecule has 0 aliphatic carbocycles. The molecule has 3 heterocycles. The summed E-state index contributed by atoms with van der Waals surface area (Å²) in [5, 5.41) is 3.39. The molecule has 4 rings (SSSR count). The van der Waals surface area contributed by atoms with E-state index in [1.54, 1.807) is 0 Å². The number of nitrogens with zero attached hydrogens (tertiary/aromatic N) is 4. The molecule has 0 spiro atoms. The van der Waals surface area contributed by atoms with Crippen LogP contribution in [0.5, 0.6) is 5.75 Å². The summed E-state index contributed by atoms with van der Waals surface area (Å²) in [5.74, 6) is -0.814. The molecule has 0 saturated carbocycles. The maximum absolute atomic E-state index is 13.0. The van der Waals surface area contributed by atoms with Crippen molar-refractivity contribution in [3.05, 3.63) is 60.4 Å². The lowest BCUT2D eigenvalue weighted by Crippen LogP contribution is -2.17. The van der Waals surface area contributed by atoms with Crippen molar-refractivity contribution in [2.45, 2.75) is 24.4 Å². The quantitative estimate of drug-likeness (QED) is 0.340. The fourth-order valence-corrected chi connectivity index (χ4v) is 4.23. The van der Waals surface area contributed by atoms with Crippen LogP contribution < -0.4 is 4.74 Å². The lowest BCUT2D eigenvalue weighted by Gasteiger charge is -2.12. The van der Waals surface area contributed by atoms with Gasteiger partial charge < -0.3 is 4.74 Å². The van der Waals surface area contributed by atoms with E-state index in [9.17, 15) is 34.8 Å². The third-order valence-corrected chi connectivity index (χ3v) is 6.55. The highest BCUT2D eigenvalue weighted by Gasteiger charge is 2.34. The number of alkyl halides is 6. The summed E-state index contributed by atoms with van der Waals surface area (Å²) in [5.41, 5.74) is -1.37. The van der Waals surface area contributed by atoms with Gasteiger partial charge in [0.05, 0.1) is 22.0 Å². The minimum Gasteiger partial charge on any atom is -0.406 e. The Balaban J connectivity index is 1.87. The van der Waals surface area contributed by atoms with E-state index in [0.29, 0.717) is 6.07 Å². The van der Waals surface area contributed by atoms with Gasteiger partial charge in [-0.15, -0.1) is 13.2 Å². The molecule has 14 heteroatoms. The zero-order chi connectivity index (χ0) is 25.6. The first-order valence-corrected chi connectivity index (χ1v) is 11.5. The molecule has 0 atom stereocenters. The molecular weight excluding hydrogens is 502 g/mol. The topological polar surface area (TPSA) is 86.5 Å². The minimum absolute atomic E-state index is 0.0669. The van der Waals surface area contributed by atoms with Crippen LogP contribution in [-0.2, 0) is 16.0 Å². The molecule has 35 heavy (non-hydrogen) atoms. The van der Waals surface area contributed by atoms with E-state index in [4.69, 9.17) is 0 Å². The van der Waals surface area contributed by atoms with E-state index < -0.39 is 33.8 Å². The van der Waals surface area contributed by atoms with Gasteiger partial charge >= 0.3 is 12.5 Å². The Kier molecular flexibility index (Phi) is 5.95. The van der Waals surface area contributed by atoms with Crippen molar-refractivity contribution in [3.63, 3.8) is 0 Å². The highest BCUT2D eigenvalue weighted by molar-refractivity contribution is 7.91. The predicted molar refractivity (Wildman–Crippen MR) is 111 cm³/mol. The van der Waals surface area contributed by atoms with E-state index in [2.05, 4.69) is 19.8 Å². The summed E-state index contributed by atoms with van der Waals surface area (Å²) in [6.07, 6.45) is -8.47. The first kappa shape index (κ1) is 24.4. The fourth-order valence-electron chi connectivity index (χ4n) is 3.20. The van der Waals surface area contributed by atoms with Crippen LogP contribution in [0.2, 0.25) is 0 Å². The van der Waals surface area contributed by atoms with Crippen molar-refractivity contribution in [1.29, 1.82) is 0 Å². The Bertz CT molecular complexity index is 1510. The molecule has 0 bridgehead atoms. The highest BCUT2D eigenvalue weighted by atomic mass is 32.2.